The summed E-state index contributed by atoms with van der Waals surface area (Å²) in [5, 5.41) is 0.730. The van der Waals surface area contributed by atoms with E-state index in [0.717, 1.165) is 46.2 Å². The fourth-order valence-corrected chi connectivity index (χ4v) is 10.6. The molecule has 3 nitrogen and oxygen atoms in total. The van der Waals surface area contributed by atoms with Crippen LogP contribution in [0.5, 0.6) is 0 Å². The van der Waals surface area contributed by atoms with Crippen molar-refractivity contribution in [1.82, 2.24) is 9.80 Å². The molecule has 6 rings (SSSR count). The summed E-state index contributed by atoms with van der Waals surface area (Å²) >= 11 is 6.03. The minimum absolute atomic E-state index is 0.255. The highest BCUT2D eigenvalue weighted by Crippen LogP contribution is 2.69. The van der Waals surface area contributed by atoms with Crippen molar-refractivity contribution in [2.45, 2.75) is 90.1 Å². The second kappa shape index (κ2) is 8.76. The van der Waals surface area contributed by atoms with Crippen LogP contribution in [0.2, 0.25) is 5.02 Å². The maximum Gasteiger partial charge on any atom is 0.226 e. The molecule has 0 aromatic heterocycles. The highest BCUT2D eigenvalue weighted by Gasteiger charge is 2.64. The molecule has 1 aromatic carbocycles. The fourth-order valence-electron chi connectivity index (χ4n) is 10.5. The number of hydrogen-bond donors (Lipinski definition) is 0. The molecule has 4 aliphatic carbocycles. The van der Waals surface area contributed by atoms with Gasteiger partial charge in [0.2, 0.25) is 5.91 Å². The molecule has 2 unspecified atom stereocenters. The van der Waals surface area contributed by atoms with Crippen LogP contribution in [0, 0.1) is 40.4 Å². The van der Waals surface area contributed by atoms with E-state index in [4.69, 9.17) is 11.6 Å². The van der Waals surface area contributed by atoms with E-state index in [0.29, 0.717) is 23.3 Å². The number of amides is 1. The Morgan fingerprint density at radius 2 is 1.77 bits per heavy atom. The summed E-state index contributed by atoms with van der Waals surface area (Å²) in [6.07, 6.45) is 12.9. The van der Waals surface area contributed by atoms with Gasteiger partial charge in [0.05, 0.1) is 6.42 Å². The average molecular weight is 497 g/mol. The highest BCUT2D eigenvalue weighted by atomic mass is 35.5. The van der Waals surface area contributed by atoms with Crippen molar-refractivity contribution >= 4 is 17.5 Å². The van der Waals surface area contributed by atoms with Crippen LogP contribution >= 0.6 is 11.6 Å². The van der Waals surface area contributed by atoms with Crippen LogP contribution < -0.4 is 0 Å². The van der Waals surface area contributed by atoms with Crippen LogP contribution in [0.25, 0.3) is 0 Å². The van der Waals surface area contributed by atoms with E-state index in [-0.39, 0.29) is 5.91 Å². The molecule has 1 aromatic rings. The van der Waals surface area contributed by atoms with E-state index in [9.17, 15) is 4.79 Å². The van der Waals surface area contributed by atoms with Gasteiger partial charge in [0.25, 0.3) is 0 Å². The van der Waals surface area contributed by atoms with Crippen molar-refractivity contribution in [3.05, 3.63) is 34.9 Å². The number of halogens is 1. The molecular formula is C31H45ClN2O. The number of likely N-dealkylation sites (tertiary alicyclic amines) is 1. The van der Waals surface area contributed by atoms with Gasteiger partial charge >= 0.3 is 0 Å². The third-order valence-electron chi connectivity index (χ3n) is 12.5. The zero-order chi connectivity index (χ0) is 24.5. The SMILES string of the molecule is C[C@H]1[C@H]2CC[C@H]3[C@@H]4CCC5C[C@@H](N(C)C(=O)Cc6ccc(Cl)cc6)CC[C@]5(C)C4CC[C@]23CN1C. The molecule has 4 saturated carbocycles. The molecule has 4 heteroatoms. The number of hydrogen-bond acceptors (Lipinski definition) is 2. The van der Waals surface area contributed by atoms with E-state index in [2.05, 4.69) is 37.7 Å². The molecule has 1 spiro atoms. The number of fused-ring (bicyclic) bond motifs is 4. The number of carbonyl (C=O) groups is 1. The van der Waals surface area contributed by atoms with Crippen molar-refractivity contribution < 1.29 is 4.79 Å². The van der Waals surface area contributed by atoms with Gasteiger partial charge in [-0.3, -0.25) is 4.79 Å². The highest BCUT2D eigenvalue weighted by molar-refractivity contribution is 6.30. The Morgan fingerprint density at radius 1 is 1.03 bits per heavy atom. The first kappa shape index (κ1) is 24.3. The van der Waals surface area contributed by atoms with E-state index < -0.39 is 0 Å². The topological polar surface area (TPSA) is 23.6 Å². The first-order valence-electron chi connectivity index (χ1n) is 14.4. The van der Waals surface area contributed by atoms with Crippen LogP contribution in [0.15, 0.2) is 24.3 Å². The smallest absolute Gasteiger partial charge is 0.226 e. The Balaban J connectivity index is 1.14. The lowest BCUT2D eigenvalue weighted by molar-refractivity contribution is -0.139. The molecule has 1 heterocycles. The molecule has 1 aliphatic heterocycles. The molecule has 192 valence electrons. The number of carbonyl (C=O) groups excluding carboxylic acids is 1. The quantitative estimate of drug-likeness (QED) is 0.465. The van der Waals surface area contributed by atoms with Crippen molar-refractivity contribution in [3.8, 4) is 0 Å². The molecule has 0 bridgehead atoms. The Morgan fingerprint density at radius 3 is 2.54 bits per heavy atom. The minimum Gasteiger partial charge on any atom is -0.342 e. The van der Waals surface area contributed by atoms with Crippen molar-refractivity contribution in [2.24, 2.45) is 40.4 Å². The standard InChI is InChI=1S/C31H45ClN2O/c1-20-26-11-12-28-25-10-7-22-18-24(34(4)29(35)17-21-5-8-23(32)9-6-21)13-15-30(22,2)27(25)14-16-31(26,28)19-33(20)3/h5-6,8-9,20,22,24-28H,7,10-19H2,1-4H3/t20-,22?,24-,25+,26+,27?,28-,30-,31-/m0/s1. The third-order valence-corrected chi connectivity index (χ3v) is 12.7. The first-order valence-corrected chi connectivity index (χ1v) is 14.8. The van der Waals surface area contributed by atoms with E-state index >= 15 is 0 Å². The lowest BCUT2D eigenvalue weighted by Gasteiger charge is -2.61. The summed E-state index contributed by atoms with van der Waals surface area (Å²) in [6, 6.07) is 8.93. The summed E-state index contributed by atoms with van der Waals surface area (Å²) in [4.78, 5) is 17.9. The van der Waals surface area contributed by atoms with Gasteiger partial charge in [-0.2, -0.15) is 0 Å². The van der Waals surface area contributed by atoms with E-state index in [1.165, 1.54) is 64.3 Å². The molecule has 0 radical (unpaired) electrons. The second-order valence-corrected chi connectivity index (χ2v) is 13.9. The summed E-state index contributed by atoms with van der Waals surface area (Å²) in [7, 11) is 4.43. The predicted octanol–water partition coefficient (Wildman–Crippen LogP) is 6.68. The van der Waals surface area contributed by atoms with Crippen LogP contribution in [0.4, 0.5) is 0 Å². The summed E-state index contributed by atoms with van der Waals surface area (Å²) < 4.78 is 0. The monoisotopic (exact) mass is 496 g/mol. The zero-order valence-electron chi connectivity index (χ0n) is 22.3. The molecule has 1 amide bonds. The predicted molar refractivity (Wildman–Crippen MR) is 143 cm³/mol. The number of likely N-dealkylation sites (N-methyl/N-ethyl adjacent to an activating group) is 1. The van der Waals surface area contributed by atoms with Gasteiger partial charge in [0, 0.05) is 30.7 Å². The molecular weight excluding hydrogens is 452 g/mol. The molecule has 9 atom stereocenters. The minimum atomic E-state index is 0.255. The molecule has 5 aliphatic rings. The molecule has 0 N–H and O–H groups in total. The first-order chi connectivity index (χ1) is 16.7. The summed E-state index contributed by atoms with van der Waals surface area (Å²) in [6.45, 7) is 6.52. The lowest BCUT2D eigenvalue weighted by atomic mass is 9.44. The van der Waals surface area contributed by atoms with Crippen LogP contribution in [-0.2, 0) is 11.2 Å². The molecule has 5 fully saturated rings. The average Bonchev–Trinajstić information content (AvgIpc) is 3.33. The Bertz CT molecular complexity index is 963. The van der Waals surface area contributed by atoms with Gasteiger partial charge in [-0.25, -0.2) is 0 Å². The van der Waals surface area contributed by atoms with Crippen LogP contribution in [0.1, 0.15) is 77.2 Å². The van der Waals surface area contributed by atoms with Crippen molar-refractivity contribution in [2.75, 3.05) is 20.6 Å². The van der Waals surface area contributed by atoms with E-state index in [1.807, 2.05) is 24.3 Å². The summed E-state index contributed by atoms with van der Waals surface area (Å²) in [5.74, 6) is 4.82. The number of rotatable bonds is 3. The largest absolute Gasteiger partial charge is 0.342 e. The van der Waals surface area contributed by atoms with Gasteiger partial charge in [-0.1, -0.05) is 30.7 Å². The van der Waals surface area contributed by atoms with Gasteiger partial charge in [0.15, 0.2) is 0 Å². The zero-order valence-corrected chi connectivity index (χ0v) is 23.1. The maximum atomic E-state index is 13.1. The summed E-state index contributed by atoms with van der Waals surface area (Å²) in [5.41, 5.74) is 2.17. The fraction of sp³-hybridized carbons (Fsp3) is 0.774. The van der Waals surface area contributed by atoms with E-state index in [1.54, 1.807) is 0 Å². The van der Waals surface area contributed by atoms with Gasteiger partial charge < -0.3 is 9.80 Å². The maximum absolute atomic E-state index is 13.1. The van der Waals surface area contributed by atoms with Gasteiger partial charge in [0.1, 0.15) is 0 Å². The van der Waals surface area contributed by atoms with Gasteiger partial charge in [-0.15, -0.1) is 0 Å². The van der Waals surface area contributed by atoms with Crippen molar-refractivity contribution in [3.63, 3.8) is 0 Å². The molecule has 1 saturated heterocycles. The second-order valence-electron chi connectivity index (χ2n) is 13.5. The number of nitrogens with zero attached hydrogens (tertiary/aromatic N) is 2. The van der Waals surface area contributed by atoms with Gasteiger partial charge in [-0.05, 0) is 130 Å². The van der Waals surface area contributed by atoms with Crippen molar-refractivity contribution in [1.29, 1.82) is 0 Å². The van der Waals surface area contributed by atoms with Crippen LogP contribution in [0.3, 0.4) is 0 Å². The Labute approximate surface area is 218 Å². The van der Waals surface area contributed by atoms with Crippen LogP contribution in [-0.4, -0.2) is 48.4 Å². The number of benzene rings is 1. The Hall–Kier alpha value is -1.06. The Kier molecular flexibility index (Phi) is 6.08. The normalized spacial score (nSPS) is 44.8. The third kappa shape index (κ3) is 3.73. The molecule has 35 heavy (non-hydrogen) atoms. The lowest BCUT2D eigenvalue weighted by Crippen LogP contribution is -2.56.